The van der Waals surface area contributed by atoms with Crippen LogP contribution in [-0.4, -0.2) is 60.6 Å². The van der Waals surface area contributed by atoms with Crippen molar-refractivity contribution in [2.45, 2.75) is 38.0 Å². The van der Waals surface area contributed by atoms with Crippen molar-refractivity contribution >= 4 is 11.7 Å². The maximum atomic E-state index is 12.9. The van der Waals surface area contributed by atoms with Crippen LogP contribution in [0, 0.1) is 0 Å². The topological polar surface area (TPSA) is 59.8 Å². The Balaban J connectivity index is 1.40. The Morgan fingerprint density at radius 3 is 2.57 bits per heavy atom. The molecule has 0 atom stereocenters. The Kier molecular flexibility index (Phi) is 6.01. The third-order valence-electron chi connectivity index (χ3n) is 5.99. The van der Waals surface area contributed by atoms with Crippen LogP contribution < -0.4 is 9.64 Å². The number of anilines is 1. The molecule has 2 aliphatic rings. The molecule has 2 aliphatic heterocycles. The number of amides is 1. The summed E-state index contributed by atoms with van der Waals surface area (Å²) in [5.41, 5.74) is 0.753. The van der Waals surface area contributed by atoms with E-state index in [1.807, 2.05) is 22.9 Å². The Morgan fingerprint density at radius 2 is 1.90 bits per heavy atom. The summed E-state index contributed by atoms with van der Waals surface area (Å²) in [6.45, 7) is 0.586. The molecule has 3 heterocycles. The zero-order chi connectivity index (χ0) is 21.1. The molecule has 9 heteroatoms. The lowest BCUT2D eigenvalue weighted by Gasteiger charge is -2.46. The SMILES string of the molecule is COCCN1C(=O)CC2(CCN(Cc3ccc(OC(F)F)cc3)CC2)n2nccc21. The summed E-state index contributed by atoms with van der Waals surface area (Å²) in [5.74, 6) is 1.12. The number of halogens is 2. The van der Waals surface area contributed by atoms with Gasteiger partial charge in [-0.2, -0.15) is 13.9 Å². The maximum Gasteiger partial charge on any atom is 0.387 e. The van der Waals surface area contributed by atoms with Crippen molar-refractivity contribution in [1.29, 1.82) is 0 Å². The fraction of sp³-hybridized carbons (Fsp3) is 0.524. The number of likely N-dealkylation sites (tertiary alicyclic amines) is 1. The van der Waals surface area contributed by atoms with E-state index in [2.05, 4.69) is 14.7 Å². The quantitative estimate of drug-likeness (QED) is 0.690. The van der Waals surface area contributed by atoms with Crippen LogP contribution in [0.15, 0.2) is 36.5 Å². The molecule has 1 aromatic heterocycles. The van der Waals surface area contributed by atoms with Crippen molar-refractivity contribution in [3.8, 4) is 5.75 Å². The number of hydrogen-bond acceptors (Lipinski definition) is 5. The van der Waals surface area contributed by atoms with E-state index in [1.165, 1.54) is 0 Å². The number of carbonyl (C=O) groups excluding carboxylic acids is 1. The smallest absolute Gasteiger partial charge is 0.387 e. The monoisotopic (exact) mass is 420 g/mol. The van der Waals surface area contributed by atoms with Gasteiger partial charge in [0.2, 0.25) is 5.91 Å². The van der Waals surface area contributed by atoms with Gasteiger partial charge in [-0.3, -0.25) is 14.6 Å². The first kappa shape index (κ1) is 20.7. The number of benzene rings is 1. The van der Waals surface area contributed by atoms with E-state index in [0.717, 1.165) is 43.9 Å². The highest BCUT2D eigenvalue weighted by Crippen LogP contribution is 2.41. The summed E-state index contributed by atoms with van der Waals surface area (Å²) < 4.78 is 36.2. The van der Waals surface area contributed by atoms with E-state index in [-0.39, 0.29) is 17.2 Å². The number of hydrogen-bond donors (Lipinski definition) is 0. The molecule has 1 spiro atoms. The van der Waals surface area contributed by atoms with Gasteiger partial charge in [-0.15, -0.1) is 0 Å². The molecular weight excluding hydrogens is 394 g/mol. The van der Waals surface area contributed by atoms with Crippen molar-refractivity contribution < 1.29 is 23.0 Å². The molecule has 0 unspecified atom stereocenters. The second kappa shape index (κ2) is 8.69. The predicted molar refractivity (Wildman–Crippen MR) is 107 cm³/mol. The molecule has 2 aromatic rings. The van der Waals surface area contributed by atoms with Gasteiger partial charge in [-0.1, -0.05) is 12.1 Å². The van der Waals surface area contributed by atoms with E-state index in [9.17, 15) is 13.6 Å². The van der Waals surface area contributed by atoms with E-state index in [4.69, 9.17) is 4.74 Å². The van der Waals surface area contributed by atoms with Gasteiger partial charge in [0.15, 0.2) is 0 Å². The molecule has 7 nitrogen and oxygen atoms in total. The number of methoxy groups -OCH3 is 1. The van der Waals surface area contributed by atoms with Crippen LogP contribution in [0.4, 0.5) is 14.6 Å². The highest BCUT2D eigenvalue weighted by Gasteiger charge is 2.45. The Labute approximate surface area is 174 Å². The summed E-state index contributed by atoms with van der Waals surface area (Å²) in [6.07, 6.45) is 3.86. The number of ether oxygens (including phenoxy) is 2. The molecule has 0 saturated carbocycles. The highest BCUT2D eigenvalue weighted by molar-refractivity contribution is 5.94. The molecule has 0 aliphatic carbocycles. The van der Waals surface area contributed by atoms with E-state index < -0.39 is 6.61 Å². The fourth-order valence-corrected chi connectivity index (χ4v) is 4.42. The van der Waals surface area contributed by atoms with E-state index in [0.29, 0.717) is 19.6 Å². The number of fused-ring (bicyclic) bond motifs is 2. The number of piperidine rings is 1. The lowest BCUT2D eigenvalue weighted by molar-refractivity contribution is -0.123. The number of nitrogens with zero attached hydrogens (tertiary/aromatic N) is 4. The minimum Gasteiger partial charge on any atom is -0.435 e. The van der Waals surface area contributed by atoms with Crippen molar-refractivity contribution in [2.24, 2.45) is 0 Å². The molecular formula is C21H26F2N4O3. The first-order chi connectivity index (χ1) is 14.5. The average molecular weight is 420 g/mol. The predicted octanol–water partition coefficient (Wildman–Crippen LogP) is 2.86. The molecule has 1 aromatic carbocycles. The second-order valence-electron chi connectivity index (χ2n) is 7.84. The van der Waals surface area contributed by atoms with Crippen molar-refractivity contribution in [3.63, 3.8) is 0 Å². The number of carbonyl (C=O) groups is 1. The molecule has 4 rings (SSSR count). The fourth-order valence-electron chi connectivity index (χ4n) is 4.42. The van der Waals surface area contributed by atoms with Gasteiger partial charge in [0.1, 0.15) is 11.6 Å². The van der Waals surface area contributed by atoms with Gasteiger partial charge < -0.3 is 9.47 Å². The molecule has 1 saturated heterocycles. The van der Waals surface area contributed by atoms with Crippen LogP contribution in [0.3, 0.4) is 0 Å². The minimum atomic E-state index is -2.81. The van der Waals surface area contributed by atoms with Gasteiger partial charge >= 0.3 is 6.61 Å². The summed E-state index contributed by atoms with van der Waals surface area (Å²) in [6, 6.07) is 8.65. The zero-order valence-corrected chi connectivity index (χ0v) is 17.0. The van der Waals surface area contributed by atoms with Crippen LogP contribution in [0.2, 0.25) is 0 Å². The standard InChI is InChI=1S/C21H26F2N4O3/c1-29-13-12-26-18-6-9-24-27(18)21(14-19(26)28)7-10-25(11-8-21)15-16-2-4-17(5-3-16)30-20(22)23/h2-6,9,20H,7-8,10-15H2,1H3. The first-order valence-corrected chi connectivity index (χ1v) is 10.1. The van der Waals surface area contributed by atoms with Crippen molar-refractivity contribution in [1.82, 2.24) is 14.7 Å². The molecule has 0 bridgehead atoms. The molecule has 162 valence electrons. The largest absolute Gasteiger partial charge is 0.435 e. The normalized spacial score (nSPS) is 18.8. The van der Waals surface area contributed by atoms with Crippen LogP contribution in [0.1, 0.15) is 24.8 Å². The number of rotatable bonds is 7. The third-order valence-corrected chi connectivity index (χ3v) is 5.99. The minimum absolute atomic E-state index is 0.114. The second-order valence-corrected chi connectivity index (χ2v) is 7.84. The van der Waals surface area contributed by atoms with Crippen LogP contribution in [0.5, 0.6) is 5.75 Å². The summed E-state index contributed by atoms with van der Waals surface area (Å²) in [7, 11) is 1.63. The number of alkyl halides is 2. The van der Waals surface area contributed by atoms with Crippen molar-refractivity contribution in [2.75, 3.05) is 38.3 Å². The third kappa shape index (κ3) is 4.17. The highest BCUT2D eigenvalue weighted by atomic mass is 19.3. The van der Waals surface area contributed by atoms with E-state index >= 15 is 0 Å². The van der Waals surface area contributed by atoms with Crippen LogP contribution in [-0.2, 0) is 21.6 Å². The lowest BCUT2D eigenvalue weighted by Crippen LogP contribution is -2.54. The van der Waals surface area contributed by atoms with Crippen molar-refractivity contribution in [3.05, 3.63) is 42.1 Å². The van der Waals surface area contributed by atoms with Crippen LogP contribution >= 0.6 is 0 Å². The summed E-state index contributed by atoms with van der Waals surface area (Å²) in [5, 5.41) is 4.56. The van der Waals surface area contributed by atoms with Crippen LogP contribution in [0.25, 0.3) is 0 Å². The Morgan fingerprint density at radius 1 is 1.17 bits per heavy atom. The Hall–Kier alpha value is -2.52. The average Bonchev–Trinajstić information content (AvgIpc) is 3.21. The molecule has 0 N–H and O–H groups in total. The van der Waals surface area contributed by atoms with Gasteiger partial charge in [-0.25, -0.2) is 4.68 Å². The van der Waals surface area contributed by atoms with Gasteiger partial charge in [0.05, 0.1) is 31.3 Å². The Bertz CT molecular complexity index is 863. The van der Waals surface area contributed by atoms with E-state index in [1.54, 1.807) is 30.3 Å². The number of aromatic nitrogens is 2. The summed E-state index contributed by atoms with van der Waals surface area (Å²) >= 11 is 0. The van der Waals surface area contributed by atoms with Gasteiger partial charge in [-0.05, 0) is 30.5 Å². The summed E-state index contributed by atoms with van der Waals surface area (Å²) in [4.78, 5) is 16.9. The van der Waals surface area contributed by atoms with Gasteiger partial charge in [0, 0.05) is 32.8 Å². The molecule has 0 radical (unpaired) electrons. The molecule has 1 amide bonds. The van der Waals surface area contributed by atoms with Gasteiger partial charge in [0.25, 0.3) is 0 Å². The molecule has 30 heavy (non-hydrogen) atoms. The zero-order valence-electron chi connectivity index (χ0n) is 17.0. The maximum absolute atomic E-state index is 12.9. The lowest BCUT2D eigenvalue weighted by atomic mass is 9.82. The molecule has 1 fully saturated rings. The first-order valence-electron chi connectivity index (χ1n) is 10.1.